The Bertz CT molecular complexity index is 621. The highest BCUT2D eigenvalue weighted by atomic mass is 79.9. The second kappa shape index (κ2) is 5.75. The molecule has 0 aliphatic heterocycles. The largest absolute Gasteiger partial charge is 0.344 e. The molecule has 104 valence electrons. The summed E-state index contributed by atoms with van der Waals surface area (Å²) >= 11 is 3.37. The topological polar surface area (TPSA) is 35.9 Å². The van der Waals surface area contributed by atoms with E-state index in [0.717, 1.165) is 10.2 Å². The molecule has 0 heterocycles. The number of anilines is 1. The fourth-order valence-electron chi connectivity index (χ4n) is 1.94. The van der Waals surface area contributed by atoms with Gasteiger partial charge < -0.3 is 5.32 Å². The summed E-state index contributed by atoms with van der Waals surface area (Å²) in [6.45, 7) is 3.67. The lowest BCUT2D eigenvalue weighted by Gasteiger charge is -2.27. The Labute approximate surface area is 126 Å². The maximum atomic E-state index is 13.9. The summed E-state index contributed by atoms with van der Waals surface area (Å²) in [5, 5.41) is 11.3. The molecule has 0 aliphatic rings. The van der Waals surface area contributed by atoms with Crippen molar-refractivity contribution in [3.63, 3.8) is 0 Å². The summed E-state index contributed by atoms with van der Waals surface area (Å²) in [6, 6.07) is 14.1. The predicted molar refractivity (Wildman–Crippen MR) is 84.9 cm³/mol. The zero-order valence-corrected chi connectivity index (χ0v) is 13.0. The van der Waals surface area contributed by atoms with Crippen molar-refractivity contribution in [2.75, 3.05) is 5.32 Å². The van der Waals surface area contributed by atoms with Gasteiger partial charge in [-0.15, -0.1) is 0 Å². The number of amidine groups is 1. The zero-order valence-electron chi connectivity index (χ0n) is 11.4. The Kier molecular flexibility index (Phi) is 4.23. The Morgan fingerprint density at radius 2 is 1.70 bits per heavy atom. The van der Waals surface area contributed by atoms with E-state index in [1.165, 1.54) is 6.07 Å². The van der Waals surface area contributed by atoms with E-state index in [1.54, 1.807) is 18.2 Å². The van der Waals surface area contributed by atoms with E-state index in [0.29, 0.717) is 5.56 Å². The van der Waals surface area contributed by atoms with Gasteiger partial charge in [0.1, 0.15) is 11.7 Å². The van der Waals surface area contributed by atoms with Gasteiger partial charge in [0.15, 0.2) is 0 Å². The summed E-state index contributed by atoms with van der Waals surface area (Å²) in [5.41, 5.74) is 0.593. The van der Waals surface area contributed by atoms with Crippen LogP contribution < -0.4 is 5.32 Å². The molecule has 0 spiro atoms. The number of nitrogens with one attached hydrogen (secondary N) is 2. The minimum absolute atomic E-state index is 0.255. The molecule has 2 nitrogen and oxygen atoms in total. The van der Waals surface area contributed by atoms with E-state index >= 15 is 0 Å². The lowest BCUT2D eigenvalue weighted by atomic mass is 9.83. The van der Waals surface area contributed by atoms with E-state index in [-0.39, 0.29) is 11.7 Å². The first-order valence-electron chi connectivity index (χ1n) is 6.28. The van der Waals surface area contributed by atoms with Gasteiger partial charge in [-0.2, -0.15) is 0 Å². The number of hydrogen-bond donors (Lipinski definition) is 2. The minimum Gasteiger partial charge on any atom is -0.344 e. The molecule has 0 bridgehead atoms. The van der Waals surface area contributed by atoms with Crippen molar-refractivity contribution < 1.29 is 4.39 Å². The molecule has 4 heteroatoms. The monoisotopic (exact) mass is 334 g/mol. The van der Waals surface area contributed by atoms with Crippen LogP contribution in [0.2, 0.25) is 0 Å². The van der Waals surface area contributed by atoms with Crippen molar-refractivity contribution in [2.24, 2.45) is 0 Å². The number of halogens is 2. The summed E-state index contributed by atoms with van der Waals surface area (Å²) in [4.78, 5) is 0. The Hall–Kier alpha value is -1.68. The van der Waals surface area contributed by atoms with Gasteiger partial charge in [0.2, 0.25) is 0 Å². The average molecular weight is 335 g/mol. The highest BCUT2D eigenvalue weighted by Crippen LogP contribution is 2.27. The fraction of sp³-hybridized carbons (Fsp3) is 0.188. The molecule has 2 aromatic rings. The molecule has 0 atom stereocenters. The Morgan fingerprint density at radius 1 is 1.10 bits per heavy atom. The maximum absolute atomic E-state index is 13.9. The van der Waals surface area contributed by atoms with Gasteiger partial charge in [0.05, 0.1) is 0 Å². The van der Waals surface area contributed by atoms with E-state index in [9.17, 15) is 4.39 Å². The number of hydrogen-bond acceptors (Lipinski definition) is 1. The van der Waals surface area contributed by atoms with Crippen molar-refractivity contribution in [1.82, 2.24) is 0 Å². The lowest BCUT2D eigenvalue weighted by molar-refractivity contribution is 0.572. The molecule has 0 amide bonds. The summed E-state index contributed by atoms with van der Waals surface area (Å²) < 4.78 is 14.9. The van der Waals surface area contributed by atoms with Gasteiger partial charge in [0, 0.05) is 21.1 Å². The van der Waals surface area contributed by atoms with Crippen LogP contribution in [0.25, 0.3) is 0 Å². The van der Waals surface area contributed by atoms with Crippen molar-refractivity contribution in [3.05, 3.63) is 64.4 Å². The van der Waals surface area contributed by atoms with Crippen molar-refractivity contribution >= 4 is 27.5 Å². The summed E-state index contributed by atoms with van der Waals surface area (Å²) in [5.74, 6) is -0.0372. The van der Waals surface area contributed by atoms with Crippen LogP contribution in [0.15, 0.2) is 53.0 Å². The fourth-order valence-corrected chi connectivity index (χ4v) is 2.20. The first kappa shape index (κ1) is 14.7. The van der Waals surface area contributed by atoms with E-state index in [2.05, 4.69) is 21.2 Å². The molecule has 0 aliphatic carbocycles. The number of rotatable bonds is 3. The molecular formula is C16H16BrFN2. The molecule has 0 radical (unpaired) electrons. The Balaban J connectivity index is 2.23. The third-order valence-corrected chi connectivity index (χ3v) is 3.81. The normalized spacial score (nSPS) is 11.2. The molecule has 0 saturated carbocycles. The maximum Gasteiger partial charge on any atom is 0.127 e. The van der Waals surface area contributed by atoms with Crippen LogP contribution in [0.3, 0.4) is 0 Å². The molecule has 20 heavy (non-hydrogen) atoms. The van der Waals surface area contributed by atoms with Crippen LogP contribution in [0.5, 0.6) is 0 Å². The molecule has 0 saturated heterocycles. The standard InChI is InChI=1S/C16H16BrFN2/c1-16(2,13-5-3-4-6-14(13)18)15(19)20-12-9-7-11(17)8-10-12/h3-10H,1-2H3,(H2,19,20). The van der Waals surface area contributed by atoms with Crippen LogP contribution in [0.4, 0.5) is 10.1 Å². The molecule has 2 aromatic carbocycles. The van der Waals surface area contributed by atoms with Crippen molar-refractivity contribution in [1.29, 1.82) is 5.41 Å². The van der Waals surface area contributed by atoms with Gasteiger partial charge in [-0.05, 0) is 44.2 Å². The SMILES string of the molecule is CC(C)(C(=N)Nc1ccc(Br)cc1)c1ccccc1F. The van der Waals surface area contributed by atoms with Crippen molar-refractivity contribution in [2.45, 2.75) is 19.3 Å². The first-order valence-corrected chi connectivity index (χ1v) is 7.07. The van der Waals surface area contributed by atoms with Crippen LogP contribution in [-0.4, -0.2) is 5.84 Å². The molecular weight excluding hydrogens is 319 g/mol. The highest BCUT2D eigenvalue weighted by Gasteiger charge is 2.29. The van der Waals surface area contributed by atoms with E-state index < -0.39 is 5.41 Å². The van der Waals surface area contributed by atoms with Crippen LogP contribution in [0.1, 0.15) is 19.4 Å². The third kappa shape index (κ3) is 3.07. The first-order chi connectivity index (χ1) is 9.41. The van der Waals surface area contributed by atoms with E-state index in [1.807, 2.05) is 38.1 Å². The lowest BCUT2D eigenvalue weighted by Crippen LogP contribution is -2.35. The van der Waals surface area contributed by atoms with Crippen molar-refractivity contribution in [3.8, 4) is 0 Å². The van der Waals surface area contributed by atoms with E-state index in [4.69, 9.17) is 5.41 Å². The molecule has 0 unspecified atom stereocenters. The zero-order chi connectivity index (χ0) is 14.8. The van der Waals surface area contributed by atoms with Crippen LogP contribution >= 0.6 is 15.9 Å². The van der Waals surface area contributed by atoms with Gasteiger partial charge in [-0.3, -0.25) is 5.41 Å². The summed E-state index contributed by atoms with van der Waals surface area (Å²) in [6.07, 6.45) is 0. The van der Waals surface area contributed by atoms with Gasteiger partial charge in [-0.25, -0.2) is 4.39 Å². The molecule has 2 rings (SSSR count). The van der Waals surface area contributed by atoms with Gasteiger partial charge in [-0.1, -0.05) is 34.1 Å². The highest BCUT2D eigenvalue weighted by molar-refractivity contribution is 9.10. The minimum atomic E-state index is -0.724. The average Bonchev–Trinajstić information content (AvgIpc) is 2.41. The third-order valence-electron chi connectivity index (χ3n) is 3.29. The predicted octanol–water partition coefficient (Wildman–Crippen LogP) is 4.96. The smallest absolute Gasteiger partial charge is 0.127 e. The Morgan fingerprint density at radius 3 is 2.30 bits per heavy atom. The summed E-state index contributed by atoms with van der Waals surface area (Å²) in [7, 11) is 0. The molecule has 2 N–H and O–H groups in total. The van der Waals surface area contributed by atoms with Crippen LogP contribution in [0, 0.1) is 11.2 Å². The quantitative estimate of drug-likeness (QED) is 0.604. The second-order valence-corrected chi connectivity index (χ2v) is 6.03. The van der Waals surface area contributed by atoms with Crippen LogP contribution in [-0.2, 0) is 5.41 Å². The number of benzene rings is 2. The molecule has 0 fully saturated rings. The van der Waals surface area contributed by atoms with Gasteiger partial charge >= 0.3 is 0 Å². The second-order valence-electron chi connectivity index (χ2n) is 5.11. The van der Waals surface area contributed by atoms with Gasteiger partial charge in [0.25, 0.3) is 0 Å². The molecule has 0 aromatic heterocycles.